The van der Waals surface area contributed by atoms with Gasteiger partial charge in [-0.05, 0) is 49.4 Å². The van der Waals surface area contributed by atoms with Crippen LogP contribution in [0.4, 0.5) is 5.69 Å². The largest absolute Gasteiger partial charge is 0.393 e. The van der Waals surface area contributed by atoms with Crippen molar-refractivity contribution in [3.05, 3.63) is 23.8 Å². The van der Waals surface area contributed by atoms with Crippen molar-refractivity contribution in [3.8, 4) is 0 Å². The molecule has 21 heavy (non-hydrogen) atoms. The van der Waals surface area contributed by atoms with Crippen LogP contribution >= 0.6 is 0 Å². The maximum absolute atomic E-state index is 12.3. The predicted octanol–water partition coefficient (Wildman–Crippen LogP) is 0.791. The molecule has 7 heteroatoms. The first-order valence-electron chi connectivity index (χ1n) is 6.99. The van der Waals surface area contributed by atoms with Gasteiger partial charge in [-0.25, -0.2) is 13.1 Å². The minimum Gasteiger partial charge on any atom is -0.393 e. The van der Waals surface area contributed by atoms with Crippen molar-refractivity contribution in [1.82, 2.24) is 4.72 Å². The number of carbonyl (C=O) groups excluding carboxylic acids is 1. The van der Waals surface area contributed by atoms with E-state index < -0.39 is 10.0 Å². The van der Waals surface area contributed by atoms with E-state index in [0.717, 1.165) is 0 Å². The molecule has 1 amide bonds. The van der Waals surface area contributed by atoms with E-state index in [1.54, 1.807) is 19.1 Å². The lowest BCUT2D eigenvalue weighted by Crippen LogP contribution is -2.38. The fourth-order valence-corrected chi connectivity index (χ4v) is 3.89. The van der Waals surface area contributed by atoms with E-state index >= 15 is 0 Å². The van der Waals surface area contributed by atoms with Crippen molar-refractivity contribution < 1.29 is 18.3 Å². The summed E-state index contributed by atoms with van der Waals surface area (Å²) in [5.74, 6) is -0.251. The fraction of sp³-hybridized carbons (Fsp3) is 0.500. The molecule has 0 radical (unpaired) electrons. The molecule has 1 aliphatic heterocycles. The number of hydrogen-bond donors (Lipinski definition) is 3. The molecule has 1 heterocycles. The number of carbonyl (C=O) groups is 1. The normalized spacial score (nSPS) is 27.9. The summed E-state index contributed by atoms with van der Waals surface area (Å²) in [6, 6.07) is 4.67. The molecule has 1 aromatic rings. The number of aliphatic hydroxyl groups is 1. The zero-order chi connectivity index (χ0) is 15.2. The Morgan fingerprint density at radius 3 is 2.76 bits per heavy atom. The minimum absolute atomic E-state index is 0.115. The van der Waals surface area contributed by atoms with Crippen LogP contribution in [0.3, 0.4) is 0 Å². The molecule has 2 aliphatic rings. The number of rotatable bonds is 4. The van der Waals surface area contributed by atoms with Gasteiger partial charge in [-0.15, -0.1) is 0 Å². The molecule has 0 saturated heterocycles. The summed E-state index contributed by atoms with van der Waals surface area (Å²) in [4.78, 5) is 11.8. The minimum atomic E-state index is -3.58. The summed E-state index contributed by atoms with van der Waals surface area (Å²) in [5.41, 5.74) is 1.38. The predicted molar refractivity (Wildman–Crippen MR) is 77.4 cm³/mol. The zero-order valence-electron chi connectivity index (χ0n) is 11.7. The van der Waals surface area contributed by atoms with Crippen molar-refractivity contribution in [3.63, 3.8) is 0 Å². The second-order valence-electron chi connectivity index (χ2n) is 5.80. The van der Waals surface area contributed by atoms with Crippen LogP contribution in [0.15, 0.2) is 23.1 Å². The molecule has 1 unspecified atom stereocenters. The van der Waals surface area contributed by atoms with Gasteiger partial charge in [0.1, 0.15) is 0 Å². The van der Waals surface area contributed by atoms with Gasteiger partial charge in [-0.1, -0.05) is 0 Å². The van der Waals surface area contributed by atoms with E-state index in [4.69, 9.17) is 0 Å². The van der Waals surface area contributed by atoms with Crippen molar-refractivity contribution >= 4 is 21.6 Å². The van der Waals surface area contributed by atoms with Crippen LogP contribution in [0.25, 0.3) is 0 Å². The second-order valence-corrected chi connectivity index (χ2v) is 7.57. The molecule has 1 fully saturated rings. The molecule has 6 nitrogen and oxygen atoms in total. The van der Waals surface area contributed by atoms with Crippen LogP contribution in [-0.4, -0.2) is 32.1 Å². The third kappa shape index (κ3) is 2.68. The second kappa shape index (κ2) is 5.08. The number of anilines is 1. The standard InChI is InChI=1S/C14H18N2O4S/c1-8-12-6-11(2-3-13(12)16-14(8)18)21(19,20)15-7-9-4-10(17)5-9/h2-3,6,8-10,15,17H,4-5,7H2,1H3,(H,16,18). The molecule has 0 aromatic heterocycles. The average Bonchev–Trinajstić information content (AvgIpc) is 2.69. The summed E-state index contributed by atoms with van der Waals surface area (Å²) >= 11 is 0. The van der Waals surface area contributed by atoms with Gasteiger partial charge in [0.25, 0.3) is 0 Å². The fourth-order valence-electron chi connectivity index (χ4n) is 2.74. The number of fused-ring (bicyclic) bond motifs is 1. The Morgan fingerprint density at radius 1 is 1.38 bits per heavy atom. The number of nitrogens with one attached hydrogen (secondary N) is 2. The average molecular weight is 310 g/mol. The molecule has 0 spiro atoms. The number of sulfonamides is 1. The first-order chi connectivity index (χ1) is 9.87. The highest BCUT2D eigenvalue weighted by Crippen LogP contribution is 2.34. The van der Waals surface area contributed by atoms with Gasteiger partial charge in [-0.2, -0.15) is 0 Å². The van der Waals surface area contributed by atoms with Crippen molar-refractivity contribution in [2.75, 3.05) is 11.9 Å². The van der Waals surface area contributed by atoms with Crippen LogP contribution in [0.1, 0.15) is 31.2 Å². The van der Waals surface area contributed by atoms with Gasteiger partial charge < -0.3 is 10.4 Å². The maximum atomic E-state index is 12.3. The van der Waals surface area contributed by atoms with Gasteiger partial charge in [0.15, 0.2) is 0 Å². The van der Waals surface area contributed by atoms with Crippen molar-refractivity contribution in [2.45, 2.75) is 36.7 Å². The van der Waals surface area contributed by atoms with Gasteiger partial charge in [0.05, 0.1) is 16.9 Å². The van der Waals surface area contributed by atoms with Crippen molar-refractivity contribution in [1.29, 1.82) is 0 Å². The molecular formula is C14H18N2O4S. The molecule has 3 rings (SSSR count). The van der Waals surface area contributed by atoms with E-state index in [1.165, 1.54) is 6.07 Å². The lowest BCUT2D eigenvalue weighted by Gasteiger charge is -2.31. The molecule has 1 saturated carbocycles. The maximum Gasteiger partial charge on any atom is 0.240 e. The van der Waals surface area contributed by atoms with Crippen LogP contribution in [-0.2, 0) is 14.8 Å². The lowest BCUT2D eigenvalue weighted by atomic mass is 9.83. The molecule has 1 aliphatic carbocycles. The van der Waals surface area contributed by atoms with Gasteiger partial charge in [0.2, 0.25) is 15.9 Å². The topological polar surface area (TPSA) is 95.5 Å². The number of benzene rings is 1. The van der Waals surface area contributed by atoms with E-state index in [0.29, 0.717) is 30.6 Å². The Hall–Kier alpha value is -1.44. The Bertz CT molecular complexity index is 680. The third-order valence-corrected chi connectivity index (χ3v) is 5.65. The SMILES string of the molecule is CC1C(=O)Nc2ccc(S(=O)(=O)NCC3CC(O)C3)cc21. The van der Waals surface area contributed by atoms with E-state index in [9.17, 15) is 18.3 Å². The quantitative estimate of drug-likeness (QED) is 0.766. The highest BCUT2D eigenvalue weighted by molar-refractivity contribution is 7.89. The van der Waals surface area contributed by atoms with Crippen LogP contribution in [0.5, 0.6) is 0 Å². The van der Waals surface area contributed by atoms with E-state index in [2.05, 4.69) is 10.0 Å². The first kappa shape index (κ1) is 14.5. The summed E-state index contributed by atoms with van der Waals surface area (Å²) in [5, 5.41) is 11.9. The van der Waals surface area contributed by atoms with Gasteiger partial charge >= 0.3 is 0 Å². The Kier molecular flexibility index (Phi) is 3.51. The molecular weight excluding hydrogens is 292 g/mol. The van der Waals surface area contributed by atoms with E-state index in [1.807, 2.05) is 0 Å². The zero-order valence-corrected chi connectivity index (χ0v) is 12.5. The summed E-state index contributed by atoms with van der Waals surface area (Å²) < 4.78 is 27.1. The summed E-state index contributed by atoms with van der Waals surface area (Å²) in [6.45, 7) is 2.09. The first-order valence-corrected chi connectivity index (χ1v) is 8.47. The monoisotopic (exact) mass is 310 g/mol. The smallest absolute Gasteiger partial charge is 0.240 e. The lowest BCUT2D eigenvalue weighted by molar-refractivity contribution is -0.116. The van der Waals surface area contributed by atoms with Gasteiger partial charge in [0, 0.05) is 12.2 Å². The van der Waals surface area contributed by atoms with Crippen LogP contribution < -0.4 is 10.0 Å². The molecule has 1 aromatic carbocycles. The highest BCUT2D eigenvalue weighted by Gasteiger charge is 2.30. The Morgan fingerprint density at radius 2 is 2.10 bits per heavy atom. The van der Waals surface area contributed by atoms with Crippen molar-refractivity contribution in [2.24, 2.45) is 5.92 Å². The third-order valence-electron chi connectivity index (χ3n) is 4.22. The molecule has 1 atom stereocenters. The van der Waals surface area contributed by atoms with Crippen LogP contribution in [0.2, 0.25) is 0 Å². The summed E-state index contributed by atoms with van der Waals surface area (Å²) in [6.07, 6.45) is 0.988. The van der Waals surface area contributed by atoms with Gasteiger partial charge in [-0.3, -0.25) is 4.79 Å². The molecule has 114 valence electrons. The van der Waals surface area contributed by atoms with Crippen LogP contribution in [0, 0.1) is 5.92 Å². The Labute approximate surface area is 123 Å². The number of hydrogen-bond acceptors (Lipinski definition) is 4. The summed E-state index contributed by atoms with van der Waals surface area (Å²) in [7, 11) is -3.58. The molecule has 3 N–H and O–H groups in total. The number of amides is 1. The highest BCUT2D eigenvalue weighted by atomic mass is 32.2. The van der Waals surface area contributed by atoms with E-state index in [-0.39, 0.29) is 28.7 Å². The molecule has 0 bridgehead atoms. The number of aliphatic hydroxyl groups excluding tert-OH is 1. The Balaban J connectivity index is 1.75.